The molecule has 5 heteroatoms. The fraction of sp³-hybridized carbons (Fsp3) is 1.00. The van der Waals surface area contributed by atoms with E-state index in [9.17, 15) is 0 Å². The minimum atomic E-state index is -0.457. The first-order valence-electron chi connectivity index (χ1n) is 4.71. The van der Waals surface area contributed by atoms with Crippen molar-refractivity contribution in [3.05, 3.63) is 0 Å². The second-order valence-corrected chi connectivity index (χ2v) is 8.75. The van der Waals surface area contributed by atoms with Gasteiger partial charge in [0.2, 0.25) is 0 Å². The molecule has 0 N–H and O–H groups in total. The quantitative estimate of drug-likeness (QED) is 0.689. The van der Waals surface area contributed by atoms with Crippen molar-refractivity contribution in [2.75, 3.05) is 26.2 Å². The molecule has 78 valence electrons. The van der Waals surface area contributed by atoms with Crippen molar-refractivity contribution < 1.29 is 32.9 Å². The van der Waals surface area contributed by atoms with E-state index in [0.29, 0.717) is 0 Å². The monoisotopic (exact) mass is 360 g/mol. The smallest absolute Gasteiger partial charge is 0.269 e. The number of nitrogens with zero attached hydrogens (tertiary/aromatic N) is 2. The van der Waals surface area contributed by atoms with E-state index in [1.54, 1.807) is 0 Å². The van der Waals surface area contributed by atoms with E-state index in [4.69, 9.17) is 0 Å². The van der Waals surface area contributed by atoms with E-state index < -0.39 is 23.5 Å². The van der Waals surface area contributed by atoms with Crippen LogP contribution in [0.25, 0.3) is 0 Å². The molecule has 0 amide bonds. The van der Waals surface area contributed by atoms with Crippen LogP contribution >= 0.6 is 0 Å². The van der Waals surface area contributed by atoms with Crippen LogP contribution < -0.4 is 0 Å². The van der Waals surface area contributed by atoms with Crippen LogP contribution in [0.2, 0.25) is 0 Å². The molecule has 0 atom stereocenters. The van der Waals surface area contributed by atoms with Gasteiger partial charge in [-0.05, 0) is 0 Å². The van der Waals surface area contributed by atoms with E-state index in [-0.39, 0.29) is 9.41 Å². The fourth-order valence-electron chi connectivity index (χ4n) is 1.83. The molecule has 0 aromatic rings. The van der Waals surface area contributed by atoms with Gasteiger partial charge in [0.1, 0.15) is 0 Å². The molecule has 2 aliphatic heterocycles. The normalized spacial score (nSPS) is 23.7. The van der Waals surface area contributed by atoms with Gasteiger partial charge < -0.3 is 0 Å². The Morgan fingerprint density at radius 1 is 0.615 bits per heavy atom. The number of hydrogen-bond acceptors (Lipinski definition) is 2. The minimum Gasteiger partial charge on any atom is -0.269 e. The SMILES string of the molecule is C1CC[N]([Hf][N]2CCCC2)C1.F.F. The molecule has 2 nitrogen and oxygen atoms in total. The van der Waals surface area contributed by atoms with Crippen LogP contribution in [-0.2, 0) is 23.5 Å². The van der Waals surface area contributed by atoms with Crippen molar-refractivity contribution in [1.29, 1.82) is 0 Å². The number of hydrogen-bond donors (Lipinski definition) is 0. The molecule has 2 fully saturated rings. The summed E-state index contributed by atoms with van der Waals surface area (Å²) in [5, 5.41) is 0. The van der Waals surface area contributed by atoms with Crippen molar-refractivity contribution in [3.63, 3.8) is 0 Å². The van der Waals surface area contributed by atoms with Gasteiger partial charge in [0.05, 0.1) is 0 Å². The van der Waals surface area contributed by atoms with Gasteiger partial charge in [0, 0.05) is 0 Å². The molecule has 0 unspecified atom stereocenters. The molecular formula is C8H18F2HfN2. The zero-order valence-corrected chi connectivity index (χ0v) is 11.5. The summed E-state index contributed by atoms with van der Waals surface area (Å²) >= 11 is -0.457. The average molecular weight is 359 g/mol. The summed E-state index contributed by atoms with van der Waals surface area (Å²) in [6.45, 7) is 5.72. The van der Waals surface area contributed by atoms with Crippen molar-refractivity contribution in [2.24, 2.45) is 0 Å². The second kappa shape index (κ2) is 7.01. The fourth-order valence-corrected chi connectivity index (χ4v) is 6.98. The van der Waals surface area contributed by atoms with E-state index in [1.807, 2.05) is 0 Å². The van der Waals surface area contributed by atoms with E-state index in [2.05, 4.69) is 5.78 Å². The van der Waals surface area contributed by atoms with Crippen LogP contribution in [0.15, 0.2) is 0 Å². The Hall–Kier alpha value is 0.650. The Balaban J connectivity index is 0.000000720. The summed E-state index contributed by atoms with van der Waals surface area (Å²) < 4.78 is 5.57. The van der Waals surface area contributed by atoms with Gasteiger partial charge in [-0.2, -0.15) is 0 Å². The maximum Gasteiger partial charge on any atom is -0.269 e. The molecule has 0 spiro atoms. The van der Waals surface area contributed by atoms with Gasteiger partial charge in [-0.1, -0.05) is 0 Å². The Bertz CT molecular complexity index is 111. The van der Waals surface area contributed by atoms with Crippen molar-refractivity contribution in [2.45, 2.75) is 25.7 Å². The summed E-state index contributed by atoms with van der Waals surface area (Å²) in [6.07, 6.45) is 5.89. The predicted molar refractivity (Wildman–Crippen MR) is 46.6 cm³/mol. The molecule has 13 heavy (non-hydrogen) atoms. The van der Waals surface area contributed by atoms with Crippen LogP contribution in [-0.4, -0.2) is 32.0 Å². The van der Waals surface area contributed by atoms with Crippen molar-refractivity contribution in [1.82, 2.24) is 5.78 Å². The molecule has 0 aliphatic carbocycles. The number of halogens is 2. The first-order chi connectivity index (χ1) is 5.45. The minimum absolute atomic E-state index is 0. The molecule has 2 aliphatic rings. The third kappa shape index (κ3) is 4.13. The van der Waals surface area contributed by atoms with E-state index >= 15 is 0 Å². The van der Waals surface area contributed by atoms with Gasteiger partial charge in [-0.25, -0.2) is 0 Å². The van der Waals surface area contributed by atoms with Crippen molar-refractivity contribution >= 4 is 0 Å². The van der Waals surface area contributed by atoms with Crippen LogP contribution in [0.1, 0.15) is 25.7 Å². The molecule has 2 rings (SSSR count). The Kier molecular flexibility index (Phi) is 7.36. The summed E-state index contributed by atoms with van der Waals surface area (Å²) in [4.78, 5) is 0. The predicted octanol–water partition coefficient (Wildman–Crippen LogP) is 1.40. The molecule has 2 heterocycles. The first-order valence-corrected chi connectivity index (χ1v) is 7.93. The third-order valence-corrected chi connectivity index (χ3v) is 7.74. The molecule has 0 aromatic carbocycles. The number of rotatable bonds is 2. The standard InChI is InChI=1S/2C4H8N.2FH.Hf/c2*1-2-4-5-3-1;;;/h2*1-4H2;2*1H;/q2*-1;;;+2. The Morgan fingerprint density at radius 3 is 1.23 bits per heavy atom. The summed E-state index contributed by atoms with van der Waals surface area (Å²) in [6, 6.07) is 0. The zero-order valence-electron chi connectivity index (χ0n) is 7.87. The molecule has 0 bridgehead atoms. The maximum atomic E-state index is 2.78. The van der Waals surface area contributed by atoms with Crippen LogP contribution in [0.5, 0.6) is 0 Å². The first kappa shape index (κ1) is 13.7. The maximum absolute atomic E-state index is 2.78. The van der Waals surface area contributed by atoms with Gasteiger partial charge in [-0.3, -0.25) is 9.41 Å². The zero-order chi connectivity index (χ0) is 7.52. The van der Waals surface area contributed by atoms with Crippen molar-refractivity contribution in [3.8, 4) is 0 Å². The third-order valence-electron chi connectivity index (χ3n) is 2.49. The van der Waals surface area contributed by atoms with Gasteiger partial charge in [0.25, 0.3) is 0 Å². The van der Waals surface area contributed by atoms with Crippen LogP contribution in [0.4, 0.5) is 9.41 Å². The van der Waals surface area contributed by atoms with Gasteiger partial charge >= 0.3 is 81.1 Å². The summed E-state index contributed by atoms with van der Waals surface area (Å²) in [5.41, 5.74) is 0. The summed E-state index contributed by atoms with van der Waals surface area (Å²) in [5.74, 6) is 0. The largest absolute Gasteiger partial charge is 0.269 e. The van der Waals surface area contributed by atoms with E-state index in [0.717, 1.165) is 0 Å². The molecule has 0 saturated carbocycles. The molecule has 0 radical (unpaired) electrons. The summed E-state index contributed by atoms with van der Waals surface area (Å²) in [7, 11) is 0. The van der Waals surface area contributed by atoms with Crippen LogP contribution in [0, 0.1) is 0 Å². The Labute approximate surface area is 90.5 Å². The Morgan fingerprint density at radius 2 is 0.923 bits per heavy atom. The van der Waals surface area contributed by atoms with Gasteiger partial charge in [-0.15, -0.1) is 0 Å². The second-order valence-electron chi connectivity index (χ2n) is 3.49. The van der Waals surface area contributed by atoms with Crippen LogP contribution in [0.3, 0.4) is 0 Å². The topological polar surface area (TPSA) is 6.48 Å². The molecular weight excluding hydrogens is 341 g/mol. The molecule has 0 aromatic heterocycles. The van der Waals surface area contributed by atoms with Gasteiger partial charge in [0.15, 0.2) is 0 Å². The average Bonchev–Trinajstić information content (AvgIpc) is 2.60. The van der Waals surface area contributed by atoms with E-state index in [1.165, 1.54) is 51.9 Å². The molecule has 2 saturated heterocycles.